The van der Waals surface area contributed by atoms with Gasteiger partial charge in [0.1, 0.15) is 0 Å². The summed E-state index contributed by atoms with van der Waals surface area (Å²) in [7, 11) is 0. The summed E-state index contributed by atoms with van der Waals surface area (Å²) >= 11 is 0. The quantitative estimate of drug-likeness (QED) is 0.567. The first-order chi connectivity index (χ1) is 6.97. The Morgan fingerprint density at radius 3 is 2.13 bits per heavy atom. The smallest absolute Gasteiger partial charge is 0.0846 e. The molecule has 0 heterocycles. The zero-order valence-corrected chi connectivity index (χ0v) is 11.0. The lowest BCUT2D eigenvalue weighted by Gasteiger charge is -2.35. The molecule has 0 aromatic rings. The zero-order valence-electron chi connectivity index (χ0n) is 11.0. The summed E-state index contributed by atoms with van der Waals surface area (Å²) in [5.41, 5.74) is 0.197. The fourth-order valence-corrected chi connectivity index (χ4v) is 2.37. The Hall–Kier alpha value is -0.400. The molecule has 0 aliphatic rings. The van der Waals surface area contributed by atoms with E-state index in [0.29, 0.717) is 18.4 Å². The minimum Gasteiger partial charge on any atom is -0.151 e. The SMILES string of the molecule is CCCCC(CC)C(CN=O)C(C)(C)C. The summed E-state index contributed by atoms with van der Waals surface area (Å²) in [6.07, 6.45) is 4.91. The molecule has 90 valence electrons. The van der Waals surface area contributed by atoms with Crippen LogP contribution in [0.25, 0.3) is 0 Å². The van der Waals surface area contributed by atoms with E-state index in [-0.39, 0.29) is 5.41 Å². The summed E-state index contributed by atoms with van der Waals surface area (Å²) in [5, 5.41) is 3.13. The van der Waals surface area contributed by atoms with Crippen LogP contribution in [-0.4, -0.2) is 6.54 Å². The molecule has 0 aromatic heterocycles. The normalized spacial score (nSPS) is 16.1. The Kier molecular flexibility index (Phi) is 6.78. The average Bonchev–Trinajstić information content (AvgIpc) is 2.15. The van der Waals surface area contributed by atoms with E-state index in [9.17, 15) is 4.91 Å². The second-order valence-corrected chi connectivity index (χ2v) is 5.59. The van der Waals surface area contributed by atoms with Crippen molar-refractivity contribution < 1.29 is 0 Å². The van der Waals surface area contributed by atoms with Gasteiger partial charge in [-0.1, -0.05) is 65.5 Å². The van der Waals surface area contributed by atoms with Crippen LogP contribution in [0.2, 0.25) is 0 Å². The number of nitroso groups, excluding NO2 is 1. The Labute approximate surface area is 94.8 Å². The Morgan fingerprint density at radius 2 is 1.80 bits per heavy atom. The highest BCUT2D eigenvalue weighted by Crippen LogP contribution is 2.36. The second kappa shape index (κ2) is 6.97. The predicted octanol–water partition coefficient (Wildman–Crippen LogP) is 4.63. The minimum atomic E-state index is 0.197. The summed E-state index contributed by atoms with van der Waals surface area (Å²) < 4.78 is 0. The van der Waals surface area contributed by atoms with Gasteiger partial charge in [-0.3, -0.25) is 0 Å². The molecular formula is C13H27NO. The van der Waals surface area contributed by atoms with Crippen LogP contribution in [-0.2, 0) is 0 Å². The summed E-state index contributed by atoms with van der Waals surface area (Å²) in [4.78, 5) is 10.5. The number of hydrogen-bond acceptors (Lipinski definition) is 2. The van der Waals surface area contributed by atoms with Gasteiger partial charge in [0, 0.05) is 0 Å². The Bertz CT molecular complexity index is 172. The lowest BCUT2D eigenvalue weighted by molar-refractivity contribution is 0.150. The molecule has 0 spiro atoms. The van der Waals surface area contributed by atoms with Crippen LogP contribution in [0.1, 0.15) is 60.3 Å². The van der Waals surface area contributed by atoms with E-state index in [4.69, 9.17) is 0 Å². The van der Waals surface area contributed by atoms with Crippen LogP contribution in [0.3, 0.4) is 0 Å². The van der Waals surface area contributed by atoms with Crippen molar-refractivity contribution in [2.24, 2.45) is 22.4 Å². The van der Waals surface area contributed by atoms with Gasteiger partial charge in [-0.15, -0.1) is 0 Å². The fraction of sp³-hybridized carbons (Fsp3) is 1.00. The maximum Gasteiger partial charge on any atom is 0.0846 e. The summed E-state index contributed by atoms with van der Waals surface area (Å²) in [5.74, 6) is 1.09. The molecule has 0 N–H and O–H groups in total. The number of nitrogens with zero attached hydrogens (tertiary/aromatic N) is 1. The second-order valence-electron chi connectivity index (χ2n) is 5.59. The van der Waals surface area contributed by atoms with Gasteiger partial charge in [-0.2, -0.15) is 4.91 Å². The molecule has 0 bridgehead atoms. The maximum absolute atomic E-state index is 10.5. The lowest BCUT2D eigenvalue weighted by Crippen LogP contribution is -2.30. The summed E-state index contributed by atoms with van der Waals surface area (Å²) in [6.45, 7) is 11.6. The molecule has 0 amide bonds. The van der Waals surface area contributed by atoms with Crippen LogP contribution in [0.5, 0.6) is 0 Å². The van der Waals surface area contributed by atoms with Crippen molar-refractivity contribution in [2.75, 3.05) is 6.54 Å². The van der Waals surface area contributed by atoms with E-state index in [1.54, 1.807) is 0 Å². The standard InChI is InChI=1S/C13H27NO/c1-6-8-9-11(7-2)12(10-14-15)13(3,4)5/h11-12H,6-10H2,1-5H3. The highest BCUT2D eigenvalue weighted by atomic mass is 16.3. The van der Waals surface area contributed by atoms with E-state index in [0.717, 1.165) is 6.42 Å². The topological polar surface area (TPSA) is 29.4 Å². The van der Waals surface area contributed by atoms with Crippen molar-refractivity contribution in [3.8, 4) is 0 Å². The van der Waals surface area contributed by atoms with E-state index in [1.807, 2.05) is 0 Å². The van der Waals surface area contributed by atoms with Crippen LogP contribution in [0.4, 0.5) is 0 Å². The van der Waals surface area contributed by atoms with Crippen molar-refractivity contribution >= 4 is 0 Å². The Morgan fingerprint density at radius 1 is 1.20 bits per heavy atom. The van der Waals surface area contributed by atoms with Gasteiger partial charge < -0.3 is 0 Å². The largest absolute Gasteiger partial charge is 0.151 e. The number of unbranched alkanes of at least 4 members (excludes halogenated alkanes) is 1. The third-order valence-electron chi connectivity index (χ3n) is 3.41. The van der Waals surface area contributed by atoms with Crippen LogP contribution >= 0.6 is 0 Å². The molecule has 2 atom stereocenters. The van der Waals surface area contributed by atoms with Gasteiger partial charge in [0.2, 0.25) is 0 Å². The van der Waals surface area contributed by atoms with Crippen LogP contribution < -0.4 is 0 Å². The van der Waals surface area contributed by atoms with Crippen molar-refractivity contribution in [1.82, 2.24) is 0 Å². The van der Waals surface area contributed by atoms with Gasteiger partial charge in [-0.05, 0) is 17.3 Å². The third-order valence-corrected chi connectivity index (χ3v) is 3.41. The monoisotopic (exact) mass is 213 g/mol. The zero-order chi connectivity index (χ0) is 11.9. The molecule has 0 aliphatic carbocycles. The van der Waals surface area contributed by atoms with Crippen LogP contribution in [0.15, 0.2) is 5.18 Å². The lowest BCUT2D eigenvalue weighted by atomic mass is 9.70. The molecule has 0 saturated carbocycles. The van der Waals surface area contributed by atoms with Crippen molar-refractivity contribution in [3.63, 3.8) is 0 Å². The summed E-state index contributed by atoms with van der Waals surface area (Å²) in [6, 6.07) is 0. The minimum absolute atomic E-state index is 0.197. The first-order valence-electron chi connectivity index (χ1n) is 6.26. The van der Waals surface area contributed by atoms with E-state index >= 15 is 0 Å². The highest BCUT2D eigenvalue weighted by Gasteiger charge is 2.30. The van der Waals surface area contributed by atoms with Gasteiger partial charge in [0.15, 0.2) is 0 Å². The van der Waals surface area contributed by atoms with Crippen molar-refractivity contribution in [2.45, 2.75) is 60.3 Å². The van der Waals surface area contributed by atoms with Crippen molar-refractivity contribution in [1.29, 1.82) is 0 Å². The molecule has 2 unspecified atom stereocenters. The number of hydrogen-bond donors (Lipinski definition) is 0. The predicted molar refractivity (Wildman–Crippen MR) is 66.9 cm³/mol. The Balaban J connectivity index is 4.47. The van der Waals surface area contributed by atoms with E-state index < -0.39 is 0 Å². The first-order valence-corrected chi connectivity index (χ1v) is 6.26. The number of rotatable bonds is 7. The first kappa shape index (κ1) is 14.6. The molecule has 0 aliphatic heterocycles. The molecule has 0 aromatic carbocycles. The maximum atomic E-state index is 10.5. The molecule has 2 nitrogen and oxygen atoms in total. The van der Waals surface area contributed by atoms with E-state index in [1.165, 1.54) is 19.3 Å². The molecule has 0 saturated heterocycles. The molecule has 0 fully saturated rings. The van der Waals surface area contributed by atoms with E-state index in [2.05, 4.69) is 39.8 Å². The fourth-order valence-electron chi connectivity index (χ4n) is 2.37. The van der Waals surface area contributed by atoms with Gasteiger partial charge in [0.25, 0.3) is 0 Å². The molecule has 2 heteroatoms. The van der Waals surface area contributed by atoms with Gasteiger partial charge in [0.05, 0.1) is 6.54 Å². The molecule has 0 rings (SSSR count). The molecule has 0 radical (unpaired) electrons. The van der Waals surface area contributed by atoms with Crippen LogP contribution in [0, 0.1) is 22.2 Å². The molecular weight excluding hydrogens is 186 g/mol. The molecule has 15 heavy (non-hydrogen) atoms. The average molecular weight is 213 g/mol. The highest BCUT2D eigenvalue weighted by molar-refractivity contribution is 4.81. The van der Waals surface area contributed by atoms with Crippen molar-refractivity contribution in [3.05, 3.63) is 4.91 Å². The van der Waals surface area contributed by atoms with Gasteiger partial charge in [-0.25, -0.2) is 0 Å². The van der Waals surface area contributed by atoms with Gasteiger partial charge >= 0.3 is 0 Å². The third kappa shape index (κ3) is 5.29.